The Hall–Kier alpha value is -2.36. The van der Waals surface area contributed by atoms with Crippen LogP contribution < -0.4 is 5.73 Å². The first-order valence-corrected chi connectivity index (χ1v) is 6.99. The Morgan fingerprint density at radius 3 is 2.40 bits per heavy atom. The second-order valence-corrected chi connectivity index (χ2v) is 3.59. The molecule has 0 atom stereocenters. The third kappa shape index (κ3) is 3.57. The molecule has 3 N–H and O–H groups in total. The van der Waals surface area contributed by atoms with Gasteiger partial charge in [0.25, 0.3) is 0 Å². The quantitative estimate of drug-likeness (QED) is 0.649. The lowest BCUT2D eigenvalue weighted by atomic mass is 10.2. The smallest absolute Gasteiger partial charge is 0.178 e. The Kier molecular flexibility index (Phi) is 6.23. The average molecular weight is 270 g/mol. The minimum atomic E-state index is 0.722. The normalized spacial score (nSPS) is 9.20. The maximum absolute atomic E-state index is 5.73. The molecule has 2 heterocycles. The van der Waals surface area contributed by atoms with Crippen LogP contribution in [0.15, 0.2) is 42.6 Å². The van der Waals surface area contributed by atoms with Crippen LogP contribution in [0.3, 0.4) is 0 Å². The van der Waals surface area contributed by atoms with E-state index < -0.39 is 0 Å². The van der Waals surface area contributed by atoms with Crippen LogP contribution in [0.2, 0.25) is 0 Å². The molecule has 4 heteroatoms. The van der Waals surface area contributed by atoms with Crippen molar-refractivity contribution in [1.82, 2.24) is 15.0 Å². The van der Waals surface area contributed by atoms with Crippen LogP contribution in [0.1, 0.15) is 27.7 Å². The van der Waals surface area contributed by atoms with Crippen LogP contribution >= 0.6 is 0 Å². The number of aromatic nitrogens is 3. The van der Waals surface area contributed by atoms with Gasteiger partial charge in [-0.2, -0.15) is 0 Å². The van der Waals surface area contributed by atoms with Gasteiger partial charge < -0.3 is 10.7 Å². The fourth-order valence-electron chi connectivity index (χ4n) is 1.67. The first-order valence-electron chi connectivity index (χ1n) is 6.99. The van der Waals surface area contributed by atoms with E-state index in [1.165, 1.54) is 0 Å². The molecule has 0 spiro atoms. The molecular formula is C16H22N4. The SMILES string of the molecule is CC.CC.Nc1cccc(-c2nc3ncccc3[nH]2)c1. The lowest BCUT2D eigenvalue weighted by Gasteiger charge is -1.97. The lowest BCUT2D eigenvalue weighted by molar-refractivity contribution is 1.30. The summed E-state index contributed by atoms with van der Waals surface area (Å²) in [5, 5.41) is 0. The number of hydrogen-bond acceptors (Lipinski definition) is 3. The van der Waals surface area contributed by atoms with Gasteiger partial charge in [0.05, 0.1) is 5.52 Å². The summed E-state index contributed by atoms with van der Waals surface area (Å²) in [5.41, 5.74) is 9.08. The van der Waals surface area contributed by atoms with Crippen molar-refractivity contribution in [3.8, 4) is 11.4 Å². The summed E-state index contributed by atoms with van der Waals surface area (Å²) >= 11 is 0. The molecule has 0 fully saturated rings. The fourth-order valence-corrected chi connectivity index (χ4v) is 1.67. The Labute approximate surface area is 120 Å². The number of nitrogens with one attached hydrogen (secondary N) is 1. The van der Waals surface area contributed by atoms with Crippen molar-refractivity contribution >= 4 is 16.9 Å². The number of H-pyrrole nitrogens is 1. The Bertz CT molecular complexity index is 611. The average Bonchev–Trinajstić information content (AvgIpc) is 2.95. The van der Waals surface area contributed by atoms with Crippen molar-refractivity contribution in [3.05, 3.63) is 42.6 Å². The van der Waals surface area contributed by atoms with Crippen LogP contribution in [0.4, 0.5) is 5.69 Å². The van der Waals surface area contributed by atoms with E-state index >= 15 is 0 Å². The van der Waals surface area contributed by atoms with Gasteiger partial charge in [-0.25, -0.2) is 9.97 Å². The molecule has 0 saturated heterocycles. The van der Waals surface area contributed by atoms with Crippen LogP contribution in [0.5, 0.6) is 0 Å². The maximum atomic E-state index is 5.73. The number of pyridine rings is 1. The number of rotatable bonds is 1. The largest absolute Gasteiger partial charge is 0.399 e. The summed E-state index contributed by atoms with van der Waals surface area (Å²) in [6.45, 7) is 8.00. The van der Waals surface area contributed by atoms with Crippen molar-refractivity contribution in [2.24, 2.45) is 0 Å². The second-order valence-electron chi connectivity index (χ2n) is 3.59. The Morgan fingerprint density at radius 1 is 1.00 bits per heavy atom. The number of nitrogens with zero attached hydrogens (tertiary/aromatic N) is 2. The molecule has 3 aromatic rings. The Morgan fingerprint density at radius 2 is 1.75 bits per heavy atom. The topological polar surface area (TPSA) is 67.6 Å². The van der Waals surface area contributed by atoms with Gasteiger partial charge in [-0.1, -0.05) is 39.8 Å². The van der Waals surface area contributed by atoms with Crippen LogP contribution in [-0.4, -0.2) is 15.0 Å². The van der Waals surface area contributed by atoms with Crippen LogP contribution in [0, 0.1) is 0 Å². The predicted molar refractivity (Wildman–Crippen MR) is 86.4 cm³/mol. The summed E-state index contributed by atoms with van der Waals surface area (Å²) in [6.07, 6.45) is 1.73. The third-order valence-electron chi connectivity index (χ3n) is 2.42. The fraction of sp³-hybridized carbons (Fsp3) is 0.250. The minimum absolute atomic E-state index is 0.722. The van der Waals surface area contributed by atoms with Gasteiger partial charge in [0.1, 0.15) is 5.82 Å². The van der Waals surface area contributed by atoms with E-state index in [-0.39, 0.29) is 0 Å². The molecule has 0 radical (unpaired) electrons. The van der Waals surface area contributed by atoms with E-state index in [4.69, 9.17) is 5.73 Å². The van der Waals surface area contributed by atoms with Gasteiger partial charge in [0, 0.05) is 17.4 Å². The third-order valence-corrected chi connectivity index (χ3v) is 2.42. The molecule has 2 aromatic heterocycles. The van der Waals surface area contributed by atoms with E-state index in [0.717, 1.165) is 28.2 Å². The van der Waals surface area contributed by atoms with Crippen LogP contribution in [0.25, 0.3) is 22.6 Å². The van der Waals surface area contributed by atoms with Gasteiger partial charge >= 0.3 is 0 Å². The van der Waals surface area contributed by atoms with E-state index in [9.17, 15) is 0 Å². The van der Waals surface area contributed by atoms with E-state index in [1.54, 1.807) is 6.20 Å². The highest BCUT2D eigenvalue weighted by molar-refractivity contribution is 5.76. The van der Waals surface area contributed by atoms with Gasteiger partial charge in [0.2, 0.25) is 0 Å². The van der Waals surface area contributed by atoms with Crippen molar-refractivity contribution in [2.75, 3.05) is 5.73 Å². The molecule has 106 valence electrons. The summed E-state index contributed by atoms with van der Waals surface area (Å²) < 4.78 is 0. The molecule has 0 unspecified atom stereocenters. The number of nitrogens with two attached hydrogens (primary N) is 1. The molecule has 3 rings (SSSR count). The molecular weight excluding hydrogens is 248 g/mol. The molecule has 1 aromatic carbocycles. The zero-order valence-electron chi connectivity index (χ0n) is 12.5. The molecule has 0 aliphatic rings. The first-order chi connectivity index (χ1) is 9.83. The summed E-state index contributed by atoms with van der Waals surface area (Å²) in [5.74, 6) is 0.793. The second kappa shape index (κ2) is 7.94. The van der Waals surface area contributed by atoms with Gasteiger partial charge in [-0.3, -0.25) is 0 Å². The van der Waals surface area contributed by atoms with Gasteiger partial charge in [-0.15, -0.1) is 0 Å². The molecule has 0 aliphatic heterocycles. The number of aromatic amines is 1. The molecule has 20 heavy (non-hydrogen) atoms. The van der Waals surface area contributed by atoms with Crippen LogP contribution in [-0.2, 0) is 0 Å². The van der Waals surface area contributed by atoms with E-state index in [1.807, 2.05) is 64.1 Å². The monoisotopic (exact) mass is 270 g/mol. The predicted octanol–water partition coefficient (Wildman–Crippen LogP) is 4.26. The molecule has 0 aliphatic carbocycles. The Balaban J connectivity index is 0.000000461. The molecule has 0 bridgehead atoms. The summed E-state index contributed by atoms with van der Waals surface area (Å²) in [4.78, 5) is 11.8. The number of imidazole rings is 1. The number of nitrogen functional groups attached to an aromatic ring is 1. The summed E-state index contributed by atoms with van der Waals surface area (Å²) in [7, 11) is 0. The van der Waals surface area contributed by atoms with E-state index in [2.05, 4.69) is 15.0 Å². The summed E-state index contributed by atoms with van der Waals surface area (Å²) in [6, 6.07) is 11.4. The zero-order valence-corrected chi connectivity index (χ0v) is 12.5. The van der Waals surface area contributed by atoms with Crippen molar-refractivity contribution in [2.45, 2.75) is 27.7 Å². The molecule has 0 amide bonds. The number of fused-ring (bicyclic) bond motifs is 1. The molecule has 0 saturated carbocycles. The number of hydrogen-bond donors (Lipinski definition) is 2. The maximum Gasteiger partial charge on any atom is 0.178 e. The van der Waals surface area contributed by atoms with Crippen molar-refractivity contribution < 1.29 is 0 Å². The highest BCUT2D eigenvalue weighted by Gasteiger charge is 2.05. The van der Waals surface area contributed by atoms with Crippen molar-refractivity contribution in [3.63, 3.8) is 0 Å². The van der Waals surface area contributed by atoms with Gasteiger partial charge in [-0.05, 0) is 24.3 Å². The first kappa shape index (κ1) is 15.7. The standard InChI is InChI=1S/C12H10N4.2C2H6/c13-9-4-1-3-8(7-9)11-15-10-5-2-6-14-12(10)16-11;2*1-2/h1-7H,13H2,(H,14,15,16);2*1-2H3. The zero-order chi connectivity index (χ0) is 15.0. The van der Waals surface area contributed by atoms with Gasteiger partial charge in [0.15, 0.2) is 5.65 Å². The molecule has 4 nitrogen and oxygen atoms in total. The van der Waals surface area contributed by atoms with E-state index in [0.29, 0.717) is 0 Å². The van der Waals surface area contributed by atoms with Crippen molar-refractivity contribution in [1.29, 1.82) is 0 Å². The minimum Gasteiger partial charge on any atom is -0.399 e. The number of benzene rings is 1. The highest BCUT2D eigenvalue weighted by atomic mass is 15.0. The number of anilines is 1. The highest BCUT2D eigenvalue weighted by Crippen LogP contribution is 2.20. The lowest BCUT2D eigenvalue weighted by Crippen LogP contribution is -1.86.